The van der Waals surface area contributed by atoms with Crippen LogP contribution in [0.4, 0.5) is 0 Å². The van der Waals surface area contributed by atoms with Gasteiger partial charge in [-0.25, -0.2) is 0 Å². The van der Waals surface area contributed by atoms with Gasteiger partial charge >= 0.3 is 17.9 Å². The minimum atomic E-state index is -0.821. The highest BCUT2D eigenvalue weighted by Gasteiger charge is 2.19. The Bertz CT molecular complexity index is 1680. The van der Waals surface area contributed by atoms with E-state index >= 15 is 0 Å². The maximum Gasteiger partial charge on any atom is 0.306 e. The number of unbranched alkanes of at least 4 members (excludes halogenated alkanes) is 25. The van der Waals surface area contributed by atoms with Gasteiger partial charge in [0.1, 0.15) is 13.2 Å². The highest BCUT2D eigenvalue weighted by molar-refractivity contribution is 5.71. The topological polar surface area (TPSA) is 78.9 Å². The standard InChI is InChI=1S/C73H120O6/c1-4-7-10-13-16-19-22-25-26-27-28-29-30-31-32-33-34-35-36-37-38-39-40-41-42-43-44-45-46-49-51-54-57-60-63-66-72(75)78-69-70(79-73(76)67-64-61-58-55-52-48-24-21-18-15-12-9-6-3)68-77-71(74)65-62-59-56-53-50-47-23-20-17-14-11-8-5-2/h7,9-10,12,16,18-21,23,25-26,28-29,31-32,34-35,48,52,58,61,70H,4-6,8,11,13-15,17,22,24,27,30,33,36-47,49-51,53-57,59-60,62-69H2,1-3H3/b10-7-,12-9-,19-16-,21-18-,23-20-,26-25-,29-28-,32-31-,35-34-,52-48-,61-58-. The Hall–Kier alpha value is -4.45. The van der Waals surface area contributed by atoms with Crippen molar-refractivity contribution in [3.63, 3.8) is 0 Å². The van der Waals surface area contributed by atoms with Crippen molar-refractivity contribution < 1.29 is 28.6 Å². The molecule has 0 heterocycles. The van der Waals surface area contributed by atoms with E-state index in [0.29, 0.717) is 19.3 Å². The Balaban J connectivity index is 4.16. The summed E-state index contributed by atoms with van der Waals surface area (Å²) in [6, 6.07) is 0. The van der Waals surface area contributed by atoms with Gasteiger partial charge < -0.3 is 14.2 Å². The van der Waals surface area contributed by atoms with E-state index in [1.54, 1.807) is 0 Å². The summed E-state index contributed by atoms with van der Waals surface area (Å²) in [4.78, 5) is 38.2. The third-order valence-electron chi connectivity index (χ3n) is 13.6. The van der Waals surface area contributed by atoms with Crippen LogP contribution in [0.15, 0.2) is 134 Å². The van der Waals surface area contributed by atoms with Gasteiger partial charge in [0.15, 0.2) is 6.10 Å². The average molecular weight is 1090 g/mol. The van der Waals surface area contributed by atoms with Crippen LogP contribution in [-0.2, 0) is 28.6 Å². The molecule has 0 aliphatic heterocycles. The molecule has 0 saturated heterocycles. The second-order valence-electron chi connectivity index (χ2n) is 21.3. The van der Waals surface area contributed by atoms with Crippen molar-refractivity contribution in [3.05, 3.63) is 134 Å². The molecule has 0 amide bonds. The molecule has 6 heteroatoms. The van der Waals surface area contributed by atoms with Gasteiger partial charge in [-0.2, -0.15) is 0 Å². The minimum Gasteiger partial charge on any atom is -0.462 e. The van der Waals surface area contributed by atoms with Gasteiger partial charge in [-0.05, 0) is 122 Å². The first-order valence-corrected chi connectivity index (χ1v) is 32.7. The molecular formula is C73H120O6. The molecule has 1 unspecified atom stereocenters. The molecule has 0 N–H and O–H groups in total. The lowest BCUT2D eigenvalue weighted by Crippen LogP contribution is -2.30. The van der Waals surface area contributed by atoms with Crippen LogP contribution in [0.3, 0.4) is 0 Å². The predicted octanol–water partition coefficient (Wildman–Crippen LogP) is 22.5. The maximum atomic E-state index is 12.8. The van der Waals surface area contributed by atoms with Crippen molar-refractivity contribution >= 4 is 17.9 Å². The molecule has 79 heavy (non-hydrogen) atoms. The van der Waals surface area contributed by atoms with E-state index in [4.69, 9.17) is 14.2 Å². The summed E-state index contributed by atoms with van der Waals surface area (Å²) in [5.74, 6) is -0.999. The summed E-state index contributed by atoms with van der Waals surface area (Å²) in [6.07, 6.45) is 93.5. The van der Waals surface area contributed by atoms with Crippen molar-refractivity contribution in [2.24, 2.45) is 0 Å². The zero-order chi connectivity index (χ0) is 57.1. The Morgan fingerprint density at radius 2 is 0.519 bits per heavy atom. The number of esters is 3. The fourth-order valence-corrected chi connectivity index (χ4v) is 8.81. The van der Waals surface area contributed by atoms with Crippen LogP contribution in [0.1, 0.15) is 290 Å². The molecule has 0 bridgehead atoms. The number of carbonyl (C=O) groups excluding carboxylic acids is 3. The fourth-order valence-electron chi connectivity index (χ4n) is 8.81. The second-order valence-corrected chi connectivity index (χ2v) is 21.3. The lowest BCUT2D eigenvalue weighted by Gasteiger charge is -2.18. The number of allylic oxidation sites excluding steroid dienone is 22. The van der Waals surface area contributed by atoms with Crippen LogP contribution >= 0.6 is 0 Å². The summed E-state index contributed by atoms with van der Waals surface area (Å²) in [6.45, 7) is 6.33. The van der Waals surface area contributed by atoms with E-state index in [1.165, 1.54) is 128 Å². The zero-order valence-electron chi connectivity index (χ0n) is 51.3. The number of hydrogen-bond acceptors (Lipinski definition) is 6. The lowest BCUT2D eigenvalue weighted by atomic mass is 10.0. The van der Waals surface area contributed by atoms with Crippen LogP contribution in [-0.4, -0.2) is 37.2 Å². The smallest absolute Gasteiger partial charge is 0.306 e. The Morgan fingerprint density at radius 1 is 0.266 bits per heavy atom. The van der Waals surface area contributed by atoms with Crippen LogP contribution < -0.4 is 0 Å². The highest BCUT2D eigenvalue weighted by Crippen LogP contribution is 2.16. The molecule has 0 spiro atoms. The van der Waals surface area contributed by atoms with Gasteiger partial charge in [-0.15, -0.1) is 0 Å². The van der Waals surface area contributed by atoms with E-state index in [2.05, 4.69) is 142 Å². The number of carbonyl (C=O) groups is 3. The predicted molar refractivity (Wildman–Crippen MR) is 343 cm³/mol. The summed E-state index contributed by atoms with van der Waals surface area (Å²) in [5.41, 5.74) is 0. The van der Waals surface area contributed by atoms with Crippen LogP contribution in [0, 0.1) is 0 Å². The number of hydrogen-bond donors (Lipinski definition) is 0. The van der Waals surface area contributed by atoms with E-state index < -0.39 is 12.1 Å². The molecular weight excluding hydrogens is 973 g/mol. The van der Waals surface area contributed by atoms with E-state index in [1.807, 2.05) is 12.2 Å². The SMILES string of the molecule is CC/C=C\C/C=C\C/C=C\C/C=C\C/C=C\C/C=C\CCCCCCCCCCCCCCCCCCC(=O)OCC(COC(=O)CCCCCCC/C=C\CCCCCC)OC(=O)CC/C=C\C/C=C\C/C=C\C/C=C\CC. The highest BCUT2D eigenvalue weighted by atomic mass is 16.6. The first-order valence-electron chi connectivity index (χ1n) is 32.7. The quantitative estimate of drug-likeness (QED) is 0.0261. The van der Waals surface area contributed by atoms with Gasteiger partial charge in [-0.1, -0.05) is 283 Å². The normalized spacial score (nSPS) is 13.0. The molecule has 0 rings (SSSR count). The number of rotatable bonds is 58. The summed E-state index contributed by atoms with van der Waals surface area (Å²) in [5, 5.41) is 0. The van der Waals surface area contributed by atoms with Crippen molar-refractivity contribution in [3.8, 4) is 0 Å². The van der Waals surface area contributed by atoms with Gasteiger partial charge in [0.05, 0.1) is 0 Å². The van der Waals surface area contributed by atoms with Crippen molar-refractivity contribution in [1.82, 2.24) is 0 Å². The average Bonchev–Trinajstić information content (AvgIpc) is 3.45. The molecule has 0 aromatic rings. The molecule has 0 aliphatic carbocycles. The van der Waals surface area contributed by atoms with E-state index in [9.17, 15) is 14.4 Å². The third-order valence-corrected chi connectivity index (χ3v) is 13.6. The second kappa shape index (κ2) is 66.1. The monoisotopic (exact) mass is 1090 g/mol. The lowest BCUT2D eigenvalue weighted by molar-refractivity contribution is -0.166. The molecule has 0 aromatic heterocycles. The fraction of sp³-hybridized carbons (Fsp3) is 0.658. The first kappa shape index (κ1) is 74.5. The van der Waals surface area contributed by atoms with E-state index in [-0.39, 0.29) is 31.6 Å². The number of ether oxygens (including phenoxy) is 3. The van der Waals surface area contributed by atoms with Crippen molar-refractivity contribution in [2.75, 3.05) is 13.2 Å². The summed E-state index contributed by atoms with van der Waals surface area (Å²) >= 11 is 0. The van der Waals surface area contributed by atoms with Crippen LogP contribution in [0.2, 0.25) is 0 Å². The molecule has 0 fully saturated rings. The maximum absolute atomic E-state index is 12.8. The third kappa shape index (κ3) is 64.3. The minimum absolute atomic E-state index is 0.110. The largest absolute Gasteiger partial charge is 0.462 e. The first-order chi connectivity index (χ1) is 39.0. The van der Waals surface area contributed by atoms with E-state index in [0.717, 1.165) is 116 Å². The summed E-state index contributed by atoms with van der Waals surface area (Å²) < 4.78 is 16.8. The summed E-state index contributed by atoms with van der Waals surface area (Å²) in [7, 11) is 0. The van der Waals surface area contributed by atoms with Crippen LogP contribution in [0.25, 0.3) is 0 Å². The molecule has 0 aliphatic rings. The Labute approximate surface area is 487 Å². The zero-order valence-corrected chi connectivity index (χ0v) is 51.3. The van der Waals surface area contributed by atoms with Gasteiger partial charge in [0.2, 0.25) is 0 Å². The molecule has 0 aromatic carbocycles. The molecule has 448 valence electrons. The van der Waals surface area contributed by atoms with Gasteiger partial charge in [0, 0.05) is 19.3 Å². The molecule has 1 atom stereocenters. The van der Waals surface area contributed by atoms with Crippen molar-refractivity contribution in [2.45, 2.75) is 297 Å². The van der Waals surface area contributed by atoms with Crippen LogP contribution in [0.5, 0.6) is 0 Å². The molecule has 0 radical (unpaired) electrons. The van der Waals surface area contributed by atoms with Gasteiger partial charge in [-0.3, -0.25) is 14.4 Å². The Kier molecular flexibility index (Phi) is 62.3. The Morgan fingerprint density at radius 3 is 0.835 bits per heavy atom. The molecule has 6 nitrogen and oxygen atoms in total. The molecule has 0 saturated carbocycles. The van der Waals surface area contributed by atoms with Gasteiger partial charge in [0.25, 0.3) is 0 Å². The van der Waals surface area contributed by atoms with Crippen molar-refractivity contribution in [1.29, 1.82) is 0 Å².